The van der Waals surface area contributed by atoms with E-state index in [1.54, 1.807) is 12.5 Å². The Kier molecular flexibility index (Phi) is 8.20. The first-order chi connectivity index (χ1) is 13.6. The number of hydrogen-bond donors (Lipinski definition) is 0. The molecule has 3 rings (SSSR count). The van der Waals surface area contributed by atoms with Gasteiger partial charge in [-0.15, -0.1) is 0 Å². The fraction of sp³-hybridized carbons (Fsp3) is 0.667. The van der Waals surface area contributed by atoms with Gasteiger partial charge in [0.05, 0.1) is 6.61 Å². The van der Waals surface area contributed by atoms with Gasteiger partial charge in [0.15, 0.2) is 17.4 Å². The Morgan fingerprint density at radius 2 is 1.54 bits per heavy atom. The Morgan fingerprint density at radius 3 is 2.07 bits per heavy atom. The molecule has 0 N–H and O–H groups in total. The second-order valence-electron chi connectivity index (χ2n) is 8.63. The number of ether oxygens (including phenoxy) is 1. The van der Waals surface area contributed by atoms with Crippen LogP contribution in [-0.2, 0) is 6.42 Å². The highest BCUT2D eigenvalue weighted by Crippen LogP contribution is 2.42. The number of benzene rings is 1. The summed E-state index contributed by atoms with van der Waals surface area (Å²) >= 11 is 5.72. The van der Waals surface area contributed by atoms with Gasteiger partial charge in [0.2, 0.25) is 0 Å². The summed E-state index contributed by atoms with van der Waals surface area (Å²) in [6.45, 7) is 1.99. The van der Waals surface area contributed by atoms with Crippen LogP contribution in [0.1, 0.15) is 70.3 Å². The minimum Gasteiger partial charge on any atom is -0.488 e. The lowest BCUT2D eigenvalue weighted by Gasteiger charge is -2.37. The van der Waals surface area contributed by atoms with Crippen LogP contribution in [0.15, 0.2) is 23.7 Å². The maximum atomic E-state index is 14.0. The monoisotopic (exact) mass is 410 g/mol. The van der Waals surface area contributed by atoms with E-state index in [1.807, 2.05) is 0 Å². The van der Waals surface area contributed by atoms with Gasteiger partial charge < -0.3 is 4.74 Å². The van der Waals surface area contributed by atoms with E-state index >= 15 is 0 Å². The molecule has 2 aliphatic carbocycles. The third-order valence-electron chi connectivity index (χ3n) is 6.91. The lowest BCUT2D eigenvalue weighted by molar-refractivity contribution is 0.153. The van der Waals surface area contributed by atoms with Crippen LogP contribution >= 0.6 is 11.6 Å². The first kappa shape index (κ1) is 21.6. The Morgan fingerprint density at radius 1 is 0.964 bits per heavy atom. The third-order valence-corrected chi connectivity index (χ3v) is 7.05. The fourth-order valence-corrected chi connectivity index (χ4v) is 5.48. The molecule has 1 nitrogen and oxygen atoms in total. The standard InChI is InChI=1S/C24H33ClF2O/c1-2-28-24-22(26)15-19(16-23(24)27)4-3-17-5-9-20(10-6-17)21-11-7-18(8-12-21)13-14-25/h13-18,20-21H,2-12H2,1H3/b14-13+/t17-,18-,20-,21-. The van der Waals surface area contributed by atoms with Crippen LogP contribution in [0.25, 0.3) is 0 Å². The predicted octanol–water partition coefficient (Wildman–Crippen LogP) is 7.66. The van der Waals surface area contributed by atoms with Gasteiger partial charge in [-0.2, -0.15) is 0 Å². The molecular formula is C24H33ClF2O. The average molecular weight is 411 g/mol. The van der Waals surface area contributed by atoms with E-state index in [0.717, 1.165) is 30.2 Å². The zero-order valence-electron chi connectivity index (χ0n) is 16.9. The molecular weight excluding hydrogens is 378 g/mol. The molecule has 0 saturated heterocycles. The summed E-state index contributed by atoms with van der Waals surface area (Å²) < 4.78 is 33.1. The number of hydrogen-bond acceptors (Lipinski definition) is 1. The zero-order chi connectivity index (χ0) is 19.9. The Hall–Kier alpha value is -1.09. The molecule has 0 atom stereocenters. The van der Waals surface area contributed by atoms with Crippen molar-refractivity contribution in [3.63, 3.8) is 0 Å². The minimum absolute atomic E-state index is 0.247. The molecule has 0 aromatic heterocycles. The molecule has 2 fully saturated rings. The summed E-state index contributed by atoms with van der Waals surface area (Å²) in [4.78, 5) is 0. The summed E-state index contributed by atoms with van der Waals surface area (Å²) in [7, 11) is 0. The van der Waals surface area contributed by atoms with Crippen LogP contribution in [-0.4, -0.2) is 6.61 Å². The second-order valence-corrected chi connectivity index (χ2v) is 8.89. The van der Waals surface area contributed by atoms with Crippen molar-refractivity contribution in [2.24, 2.45) is 23.7 Å². The zero-order valence-corrected chi connectivity index (χ0v) is 17.7. The van der Waals surface area contributed by atoms with Gasteiger partial charge >= 0.3 is 0 Å². The summed E-state index contributed by atoms with van der Waals surface area (Å²) in [5.41, 5.74) is 2.42. The van der Waals surface area contributed by atoms with Crippen molar-refractivity contribution in [3.05, 3.63) is 40.9 Å². The Labute approximate surface area is 173 Å². The molecule has 0 radical (unpaired) electrons. The molecule has 0 bridgehead atoms. The van der Waals surface area contributed by atoms with Crippen molar-refractivity contribution in [3.8, 4) is 5.75 Å². The molecule has 156 valence electrons. The van der Waals surface area contributed by atoms with E-state index in [-0.39, 0.29) is 12.4 Å². The lowest BCUT2D eigenvalue weighted by Crippen LogP contribution is -2.25. The molecule has 1 aromatic carbocycles. The fourth-order valence-electron chi connectivity index (χ4n) is 5.27. The lowest BCUT2D eigenvalue weighted by atomic mass is 9.68. The molecule has 0 unspecified atom stereocenters. The van der Waals surface area contributed by atoms with Crippen molar-refractivity contribution >= 4 is 11.6 Å². The van der Waals surface area contributed by atoms with E-state index in [9.17, 15) is 8.78 Å². The van der Waals surface area contributed by atoms with E-state index in [0.29, 0.717) is 11.8 Å². The van der Waals surface area contributed by atoms with Crippen LogP contribution in [0.2, 0.25) is 0 Å². The molecule has 28 heavy (non-hydrogen) atoms. The quantitative estimate of drug-likeness (QED) is 0.448. The van der Waals surface area contributed by atoms with Crippen molar-refractivity contribution < 1.29 is 13.5 Å². The van der Waals surface area contributed by atoms with Crippen LogP contribution < -0.4 is 4.74 Å². The van der Waals surface area contributed by atoms with E-state index < -0.39 is 11.6 Å². The normalized spacial score (nSPS) is 28.6. The van der Waals surface area contributed by atoms with E-state index in [1.165, 1.54) is 63.5 Å². The van der Waals surface area contributed by atoms with Gasteiger partial charge in [-0.25, -0.2) is 8.78 Å². The Balaban J connectivity index is 1.43. The smallest absolute Gasteiger partial charge is 0.190 e. The number of allylic oxidation sites excluding steroid dienone is 1. The molecule has 1 aromatic rings. The van der Waals surface area contributed by atoms with Crippen molar-refractivity contribution in [1.82, 2.24) is 0 Å². The molecule has 0 heterocycles. The van der Waals surface area contributed by atoms with E-state index in [2.05, 4.69) is 6.08 Å². The van der Waals surface area contributed by atoms with Crippen molar-refractivity contribution in [1.29, 1.82) is 0 Å². The number of rotatable bonds is 7. The maximum absolute atomic E-state index is 14.0. The van der Waals surface area contributed by atoms with Crippen LogP contribution in [0, 0.1) is 35.3 Å². The van der Waals surface area contributed by atoms with Gasteiger partial charge in [-0.05, 0) is 99.7 Å². The summed E-state index contributed by atoms with van der Waals surface area (Å²) in [6, 6.07) is 2.88. The van der Waals surface area contributed by atoms with E-state index in [4.69, 9.17) is 16.3 Å². The van der Waals surface area contributed by atoms with Gasteiger partial charge in [-0.3, -0.25) is 0 Å². The van der Waals surface area contributed by atoms with Gasteiger partial charge in [0.25, 0.3) is 0 Å². The average Bonchev–Trinajstić information content (AvgIpc) is 2.70. The molecule has 4 heteroatoms. The van der Waals surface area contributed by atoms with Gasteiger partial charge in [-0.1, -0.05) is 30.5 Å². The summed E-state index contributed by atoms with van der Waals surface area (Å²) in [5.74, 6) is 1.71. The second kappa shape index (κ2) is 10.6. The highest BCUT2D eigenvalue weighted by molar-refractivity contribution is 6.25. The van der Waals surface area contributed by atoms with Gasteiger partial charge in [0.1, 0.15) is 0 Å². The SMILES string of the molecule is CCOc1c(F)cc(CC[C@H]2CC[C@H]([C@H]3CC[C@H](/C=C/Cl)CC3)CC2)cc1F. The first-order valence-corrected chi connectivity index (χ1v) is 11.4. The predicted molar refractivity (Wildman–Crippen MR) is 112 cm³/mol. The topological polar surface area (TPSA) is 9.23 Å². The molecule has 2 saturated carbocycles. The molecule has 0 aliphatic heterocycles. The van der Waals surface area contributed by atoms with Crippen LogP contribution in [0.3, 0.4) is 0 Å². The third kappa shape index (κ3) is 5.72. The van der Waals surface area contributed by atoms with Crippen LogP contribution in [0.5, 0.6) is 5.75 Å². The van der Waals surface area contributed by atoms with Crippen LogP contribution in [0.4, 0.5) is 8.78 Å². The first-order valence-electron chi connectivity index (χ1n) is 11.0. The van der Waals surface area contributed by atoms with Crippen molar-refractivity contribution in [2.75, 3.05) is 6.61 Å². The summed E-state index contributed by atoms with van der Waals surface area (Å²) in [6.07, 6.45) is 14.3. The number of aryl methyl sites for hydroxylation is 1. The highest BCUT2D eigenvalue weighted by Gasteiger charge is 2.30. The number of halogens is 3. The minimum atomic E-state index is -0.583. The Bertz CT molecular complexity index is 621. The maximum Gasteiger partial charge on any atom is 0.190 e. The van der Waals surface area contributed by atoms with Crippen molar-refractivity contribution in [2.45, 2.75) is 71.1 Å². The molecule has 0 spiro atoms. The summed E-state index contributed by atoms with van der Waals surface area (Å²) in [5, 5.41) is 0. The molecule has 2 aliphatic rings. The molecule has 0 amide bonds. The van der Waals surface area contributed by atoms with Gasteiger partial charge in [0, 0.05) is 5.54 Å². The highest BCUT2D eigenvalue weighted by atomic mass is 35.5. The largest absolute Gasteiger partial charge is 0.488 e.